The average molecular weight is 425 g/mol. The number of carbonyl (C=O) groups is 1. The highest BCUT2D eigenvalue weighted by Crippen LogP contribution is 2.36. The van der Waals surface area contributed by atoms with E-state index < -0.39 is 6.04 Å². The van der Waals surface area contributed by atoms with Gasteiger partial charge in [-0.25, -0.2) is 9.40 Å². The van der Waals surface area contributed by atoms with Gasteiger partial charge in [0.2, 0.25) is 5.91 Å². The van der Waals surface area contributed by atoms with Gasteiger partial charge in [0.05, 0.1) is 17.3 Å². The van der Waals surface area contributed by atoms with Gasteiger partial charge in [-0.05, 0) is 29.3 Å². The number of fused-ring (bicyclic) bond motifs is 1. The number of hydrazone groups is 1. The molecule has 1 aliphatic rings. The molecule has 1 N–H and O–H groups in total. The van der Waals surface area contributed by atoms with Crippen molar-refractivity contribution in [3.8, 4) is 11.1 Å². The van der Waals surface area contributed by atoms with Gasteiger partial charge >= 0.3 is 0 Å². The Hall–Kier alpha value is -4.06. The van der Waals surface area contributed by atoms with Gasteiger partial charge < -0.3 is 4.98 Å². The average Bonchev–Trinajstić information content (AvgIpc) is 3.24. The molecule has 3 aromatic carbocycles. The number of benzene rings is 3. The summed E-state index contributed by atoms with van der Waals surface area (Å²) in [5.41, 5.74) is 3.68. The van der Waals surface area contributed by atoms with Crippen molar-refractivity contribution in [1.29, 1.82) is 0 Å². The van der Waals surface area contributed by atoms with Crippen LogP contribution >= 0.6 is 0 Å². The van der Waals surface area contributed by atoms with Crippen LogP contribution in [0.3, 0.4) is 0 Å². The van der Waals surface area contributed by atoms with Gasteiger partial charge in [0.15, 0.2) is 0 Å². The first-order valence-corrected chi connectivity index (χ1v) is 10.4. The van der Waals surface area contributed by atoms with Crippen molar-refractivity contribution in [3.63, 3.8) is 0 Å². The molecule has 6 heteroatoms. The third-order valence-corrected chi connectivity index (χ3v) is 5.74. The summed E-state index contributed by atoms with van der Waals surface area (Å²) in [6.07, 6.45) is 0.310. The molecule has 0 radical (unpaired) electrons. The minimum absolute atomic E-state index is 0.271. The number of amides is 1. The summed E-state index contributed by atoms with van der Waals surface area (Å²) in [6, 6.07) is 22.9. The van der Waals surface area contributed by atoms with Crippen LogP contribution in [0.5, 0.6) is 0 Å². The minimum atomic E-state index is -0.479. The molecule has 0 saturated heterocycles. The largest absolute Gasteiger partial charge is 0.321 e. The maximum absolute atomic E-state index is 13.9. The fourth-order valence-corrected chi connectivity index (χ4v) is 4.35. The number of H-pyrrole nitrogens is 1. The summed E-state index contributed by atoms with van der Waals surface area (Å²) < 4.78 is 13.9. The monoisotopic (exact) mass is 425 g/mol. The van der Waals surface area contributed by atoms with Gasteiger partial charge in [-0.3, -0.25) is 9.59 Å². The normalized spacial score (nSPS) is 15.8. The number of hydrogen-bond acceptors (Lipinski definition) is 3. The number of rotatable bonds is 3. The number of nitrogens with one attached hydrogen (secondary N) is 1. The Bertz CT molecular complexity index is 1430. The SMILES string of the molecule is CC(=O)N1N=C(c2c(-c3ccccc3)c3ccccc3[nH]c2=O)C[C@@H]1c1cccc(F)c1. The zero-order chi connectivity index (χ0) is 22.2. The lowest BCUT2D eigenvalue weighted by Gasteiger charge is -2.20. The highest BCUT2D eigenvalue weighted by atomic mass is 19.1. The van der Waals surface area contributed by atoms with E-state index in [0.29, 0.717) is 23.3 Å². The summed E-state index contributed by atoms with van der Waals surface area (Å²) in [5.74, 6) is -0.652. The Labute approximate surface area is 183 Å². The standard InChI is InChI=1S/C26H20FN3O2/c1-16(31)30-23(18-10-7-11-19(27)14-18)15-22(29-30)25-24(17-8-3-2-4-9-17)20-12-5-6-13-21(20)28-26(25)32/h2-14,23H,15H2,1H3,(H,28,32)/t23-/m1/s1. The Morgan fingerprint density at radius 2 is 1.75 bits per heavy atom. The first kappa shape index (κ1) is 19.9. The van der Waals surface area contributed by atoms with E-state index >= 15 is 0 Å². The van der Waals surface area contributed by atoms with Crippen LogP contribution in [0.15, 0.2) is 88.8 Å². The van der Waals surface area contributed by atoms with E-state index in [1.54, 1.807) is 12.1 Å². The van der Waals surface area contributed by atoms with Gasteiger partial charge in [0.1, 0.15) is 5.82 Å². The zero-order valence-electron chi connectivity index (χ0n) is 17.4. The summed E-state index contributed by atoms with van der Waals surface area (Å²) in [5, 5.41) is 6.79. The summed E-state index contributed by atoms with van der Waals surface area (Å²) in [6.45, 7) is 1.42. The molecule has 4 aromatic rings. The molecular weight excluding hydrogens is 405 g/mol. The maximum Gasteiger partial charge on any atom is 0.258 e. The van der Waals surface area contributed by atoms with Crippen LogP contribution in [0, 0.1) is 5.82 Å². The number of pyridine rings is 1. The van der Waals surface area contributed by atoms with Crippen LogP contribution in [-0.4, -0.2) is 21.6 Å². The fourth-order valence-electron chi connectivity index (χ4n) is 4.35. The Balaban J connectivity index is 1.73. The molecular formula is C26H20FN3O2. The first-order valence-electron chi connectivity index (χ1n) is 10.4. The van der Waals surface area contributed by atoms with E-state index in [9.17, 15) is 14.0 Å². The molecule has 0 spiro atoms. The van der Waals surface area contributed by atoms with Crippen molar-refractivity contribution >= 4 is 22.5 Å². The van der Waals surface area contributed by atoms with E-state index in [4.69, 9.17) is 0 Å². The minimum Gasteiger partial charge on any atom is -0.321 e. The van der Waals surface area contributed by atoms with Crippen molar-refractivity contribution in [2.24, 2.45) is 5.10 Å². The van der Waals surface area contributed by atoms with Gasteiger partial charge in [-0.2, -0.15) is 5.10 Å². The molecule has 0 fully saturated rings. The molecule has 0 saturated carbocycles. The summed E-state index contributed by atoms with van der Waals surface area (Å²) in [4.78, 5) is 28.6. The number of carbonyl (C=O) groups excluding carboxylic acids is 1. The quantitative estimate of drug-likeness (QED) is 0.500. The van der Waals surface area contributed by atoms with Gasteiger partial charge in [-0.1, -0.05) is 60.7 Å². The second kappa shape index (κ2) is 7.89. The molecule has 5 nitrogen and oxygen atoms in total. The van der Waals surface area contributed by atoms with Crippen LogP contribution < -0.4 is 5.56 Å². The van der Waals surface area contributed by atoms with Crippen molar-refractivity contribution in [2.45, 2.75) is 19.4 Å². The van der Waals surface area contributed by atoms with E-state index in [-0.39, 0.29) is 17.3 Å². The fraction of sp³-hybridized carbons (Fsp3) is 0.115. The van der Waals surface area contributed by atoms with Crippen LogP contribution in [0.4, 0.5) is 4.39 Å². The van der Waals surface area contributed by atoms with Crippen molar-refractivity contribution < 1.29 is 9.18 Å². The highest BCUT2D eigenvalue weighted by Gasteiger charge is 2.34. The van der Waals surface area contributed by atoms with Crippen molar-refractivity contribution in [3.05, 3.63) is 106 Å². The van der Waals surface area contributed by atoms with E-state index in [2.05, 4.69) is 10.1 Å². The first-order chi connectivity index (χ1) is 15.5. The smallest absolute Gasteiger partial charge is 0.258 e. The molecule has 1 atom stereocenters. The summed E-state index contributed by atoms with van der Waals surface area (Å²) in [7, 11) is 0. The van der Waals surface area contributed by atoms with Gasteiger partial charge in [0, 0.05) is 29.8 Å². The summed E-state index contributed by atoms with van der Waals surface area (Å²) >= 11 is 0. The van der Waals surface area contributed by atoms with E-state index in [1.165, 1.54) is 24.1 Å². The molecule has 1 amide bonds. The topological polar surface area (TPSA) is 65.5 Å². The number of aromatic amines is 1. The predicted octanol–water partition coefficient (Wildman–Crippen LogP) is 5.03. The second-order valence-electron chi connectivity index (χ2n) is 7.80. The van der Waals surface area contributed by atoms with Crippen LogP contribution in [-0.2, 0) is 4.79 Å². The van der Waals surface area contributed by atoms with Crippen LogP contribution in [0.1, 0.15) is 30.5 Å². The second-order valence-corrected chi connectivity index (χ2v) is 7.80. The lowest BCUT2D eigenvalue weighted by molar-refractivity contribution is -0.130. The number of aromatic nitrogens is 1. The van der Waals surface area contributed by atoms with Crippen LogP contribution in [0.2, 0.25) is 0 Å². The molecule has 32 heavy (non-hydrogen) atoms. The molecule has 0 bridgehead atoms. The number of halogens is 1. The lowest BCUT2D eigenvalue weighted by atomic mass is 9.91. The van der Waals surface area contributed by atoms with Crippen molar-refractivity contribution in [2.75, 3.05) is 0 Å². The molecule has 2 heterocycles. The molecule has 1 aliphatic heterocycles. The molecule has 158 valence electrons. The number of hydrogen-bond donors (Lipinski definition) is 1. The van der Waals surface area contributed by atoms with E-state index in [0.717, 1.165) is 22.0 Å². The highest BCUT2D eigenvalue weighted by molar-refractivity contribution is 6.12. The third-order valence-electron chi connectivity index (χ3n) is 5.74. The van der Waals surface area contributed by atoms with Gasteiger partial charge in [-0.15, -0.1) is 0 Å². The molecule has 0 aliphatic carbocycles. The molecule has 1 aromatic heterocycles. The zero-order valence-corrected chi connectivity index (χ0v) is 17.4. The molecule has 0 unspecified atom stereocenters. The third kappa shape index (κ3) is 3.39. The Morgan fingerprint density at radius 3 is 2.50 bits per heavy atom. The van der Waals surface area contributed by atoms with Crippen LogP contribution in [0.25, 0.3) is 22.0 Å². The number of para-hydroxylation sites is 1. The lowest BCUT2D eigenvalue weighted by Crippen LogP contribution is -2.24. The number of nitrogens with zero attached hydrogens (tertiary/aromatic N) is 2. The van der Waals surface area contributed by atoms with Crippen molar-refractivity contribution in [1.82, 2.24) is 9.99 Å². The Kier molecular flexibility index (Phi) is 4.90. The molecule has 5 rings (SSSR count). The predicted molar refractivity (Wildman–Crippen MR) is 123 cm³/mol. The Morgan fingerprint density at radius 1 is 1.00 bits per heavy atom. The van der Waals surface area contributed by atoms with Gasteiger partial charge in [0.25, 0.3) is 5.56 Å². The maximum atomic E-state index is 13.9. The van der Waals surface area contributed by atoms with E-state index in [1.807, 2.05) is 54.6 Å².